The number of hydrogen-bond donors (Lipinski definition) is 2. The van der Waals surface area contributed by atoms with Crippen LogP contribution < -0.4 is 5.73 Å². The first kappa shape index (κ1) is 24.2. The number of aliphatic hydroxyl groups is 1. The highest BCUT2D eigenvalue weighted by atomic mass is 127. The number of carbonyl (C=O) groups excluding carboxylic acids is 1. The largest absolute Gasteiger partial charge is 0.444 e. The molecule has 0 spiro atoms. The molecule has 2 saturated heterocycles. The van der Waals surface area contributed by atoms with E-state index in [1.165, 1.54) is 0 Å². The lowest BCUT2D eigenvalue weighted by molar-refractivity contribution is 0.0164. The minimum atomic E-state index is -0.547. The van der Waals surface area contributed by atoms with E-state index in [-0.39, 0.29) is 36.6 Å². The molecule has 27 heavy (non-hydrogen) atoms. The third-order valence-electron chi connectivity index (χ3n) is 4.29. The third-order valence-corrected chi connectivity index (χ3v) is 4.29. The average Bonchev–Trinajstić information content (AvgIpc) is 2.59. The fourth-order valence-electron chi connectivity index (χ4n) is 2.88. The normalized spacial score (nSPS) is 20.8. The second kappa shape index (κ2) is 11.2. The zero-order chi connectivity index (χ0) is 19.2. The Morgan fingerprint density at radius 3 is 2.26 bits per heavy atom. The van der Waals surface area contributed by atoms with Crippen molar-refractivity contribution in [1.82, 2.24) is 14.7 Å². The fraction of sp³-hybridized carbons (Fsp3) is 0.882. The predicted molar refractivity (Wildman–Crippen MR) is 115 cm³/mol. The van der Waals surface area contributed by atoms with Crippen molar-refractivity contribution in [3.05, 3.63) is 0 Å². The van der Waals surface area contributed by atoms with Gasteiger partial charge in [-0.2, -0.15) is 0 Å². The maximum Gasteiger partial charge on any atom is 0.410 e. The summed E-state index contributed by atoms with van der Waals surface area (Å²) in [6, 6.07) is 0. The van der Waals surface area contributed by atoms with Crippen LogP contribution >= 0.6 is 24.0 Å². The summed E-state index contributed by atoms with van der Waals surface area (Å²) >= 11 is 0. The molecule has 3 N–H and O–H groups in total. The minimum Gasteiger partial charge on any atom is -0.444 e. The number of amides is 1. The molecule has 0 saturated carbocycles. The molecule has 1 unspecified atom stereocenters. The number of piperazine rings is 1. The van der Waals surface area contributed by atoms with Crippen LogP contribution in [0.5, 0.6) is 0 Å². The van der Waals surface area contributed by atoms with E-state index >= 15 is 0 Å². The number of guanidine groups is 1. The lowest BCUT2D eigenvalue weighted by Gasteiger charge is -2.36. The Kier molecular flexibility index (Phi) is 10.1. The van der Waals surface area contributed by atoms with Crippen LogP contribution in [0.1, 0.15) is 20.8 Å². The molecular formula is C17H34IN5O4. The highest BCUT2D eigenvalue weighted by molar-refractivity contribution is 14.0. The van der Waals surface area contributed by atoms with Crippen molar-refractivity contribution in [1.29, 1.82) is 0 Å². The van der Waals surface area contributed by atoms with Crippen LogP contribution in [-0.4, -0.2) is 109 Å². The van der Waals surface area contributed by atoms with Gasteiger partial charge in [-0.15, -0.1) is 24.0 Å². The van der Waals surface area contributed by atoms with Crippen LogP contribution in [0.25, 0.3) is 0 Å². The van der Waals surface area contributed by atoms with E-state index in [4.69, 9.17) is 15.2 Å². The van der Waals surface area contributed by atoms with Gasteiger partial charge >= 0.3 is 6.09 Å². The van der Waals surface area contributed by atoms with Crippen LogP contribution in [0.4, 0.5) is 4.79 Å². The maximum absolute atomic E-state index is 12.1. The SMILES string of the molecule is CC(C)(C)OC(=O)N1CCN(C(N)=NCC(O)CN2CCOCC2)CC1.I. The van der Waals surface area contributed by atoms with E-state index in [0.717, 1.165) is 13.1 Å². The molecule has 1 atom stereocenters. The lowest BCUT2D eigenvalue weighted by Crippen LogP contribution is -2.53. The number of halogens is 1. The van der Waals surface area contributed by atoms with Gasteiger partial charge in [-0.25, -0.2) is 4.79 Å². The number of β-amino-alcohol motifs (C(OH)–C–C–N with tert-alkyl or cyclic N) is 1. The van der Waals surface area contributed by atoms with Gasteiger partial charge < -0.3 is 30.1 Å². The number of nitrogens with zero attached hydrogens (tertiary/aromatic N) is 4. The first-order chi connectivity index (χ1) is 12.2. The molecular weight excluding hydrogens is 465 g/mol. The van der Waals surface area contributed by atoms with Crippen molar-refractivity contribution < 1.29 is 19.4 Å². The van der Waals surface area contributed by atoms with E-state index < -0.39 is 11.7 Å². The number of ether oxygens (including phenoxy) is 2. The number of aliphatic hydroxyl groups excluding tert-OH is 1. The van der Waals surface area contributed by atoms with Gasteiger partial charge in [-0.3, -0.25) is 9.89 Å². The molecule has 2 aliphatic rings. The Balaban J connectivity index is 0.00000364. The number of aliphatic imine (C=N–C) groups is 1. The van der Waals surface area contributed by atoms with Gasteiger partial charge in [0.05, 0.1) is 25.9 Å². The van der Waals surface area contributed by atoms with E-state index in [1.807, 2.05) is 25.7 Å². The van der Waals surface area contributed by atoms with E-state index in [9.17, 15) is 9.90 Å². The Hall–Kier alpha value is -0.850. The van der Waals surface area contributed by atoms with Crippen LogP contribution in [0, 0.1) is 0 Å². The van der Waals surface area contributed by atoms with Crippen molar-refractivity contribution in [2.24, 2.45) is 10.7 Å². The number of morpholine rings is 1. The zero-order valence-corrected chi connectivity index (χ0v) is 18.9. The van der Waals surface area contributed by atoms with E-state index in [1.54, 1.807) is 4.90 Å². The van der Waals surface area contributed by atoms with Gasteiger partial charge in [0, 0.05) is 45.8 Å². The van der Waals surface area contributed by atoms with Crippen LogP contribution in [0.3, 0.4) is 0 Å². The van der Waals surface area contributed by atoms with Crippen LogP contribution in [0.15, 0.2) is 4.99 Å². The van der Waals surface area contributed by atoms with Crippen LogP contribution in [-0.2, 0) is 9.47 Å². The Bertz CT molecular complexity index is 486. The molecule has 0 aromatic heterocycles. The van der Waals surface area contributed by atoms with Gasteiger partial charge in [-0.1, -0.05) is 0 Å². The van der Waals surface area contributed by atoms with Crippen LogP contribution in [0.2, 0.25) is 0 Å². The van der Waals surface area contributed by atoms with E-state index in [2.05, 4.69) is 9.89 Å². The fourth-order valence-corrected chi connectivity index (χ4v) is 2.88. The summed E-state index contributed by atoms with van der Waals surface area (Å²) in [7, 11) is 0. The van der Waals surface area contributed by atoms with Crippen molar-refractivity contribution in [2.45, 2.75) is 32.5 Å². The number of nitrogens with two attached hydrogens (primary N) is 1. The molecule has 2 rings (SSSR count). The second-order valence-corrected chi connectivity index (χ2v) is 7.72. The van der Waals surface area contributed by atoms with Crippen molar-refractivity contribution in [3.8, 4) is 0 Å². The number of rotatable bonds is 4. The van der Waals surface area contributed by atoms with Crippen molar-refractivity contribution in [2.75, 3.05) is 65.6 Å². The highest BCUT2D eigenvalue weighted by Gasteiger charge is 2.26. The molecule has 158 valence electrons. The quantitative estimate of drug-likeness (QED) is 0.323. The van der Waals surface area contributed by atoms with Gasteiger partial charge in [0.2, 0.25) is 0 Å². The minimum absolute atomic E-state index is 0. The molecule has 0 radical (unpaired) electrons. The van der Waals surface area contributed by atoms with Crippen molar-refractivity contribution in [3.63, 3.8) is 0 Å². The monoisotopic (exact) mass is 499 g/mol. The summed E-state index contributed by atoms with van der Waals surface area (Å²) < 4.78 is 10.7. The summed E-state index contributed by atoms with van der Waals surface area (Å²) in [6.45, 7) is 11.8. The lowest BCUT2D eigenvalue weighted by atomic mass is 10.2. The van der Waals surface area contributed by atoms with Gasteiger partial charge in [0.15, 0.2) is 5.96 Å². The Morgan fingerprint density at radius 2 is 1.70 bits per heavy atom. The summed E-state index contributed by atoms with van der Waals surface area (Å²) in [4.78, 5) is 22.2. The molecule has 0 bridgehead atoms. The zero-order valence-electron chi connectivity index (χ0n) is 16.6. The molecule has 0 aromatic carbocycles. The van der Waals surface area contributed by atoms with Crippen molar-refractivity contribution >= 4 is 36.0 Å². The molecule has 2 heterocycles. The molecule has 0 aromatic rings. The molecule has 10 heteroatoms. The topological polar surface area (TPSA) is 104 Å². The molecule has 9 nitrogen and oxygen atoms in total. The summed E-state index contributed by atoms with van der Waals surface area (Å²) in [6.07, 6.45) is -0.844. The first-order valence-corrected chi connectivity index (χ1v) is 9.25. The van der Waals surface area contributed by atoms with E-state index in [0.29, 0.717) is 51.9 Å². The first-order valence-electron chi connectivity index (χ1n) is 9.25. The number of hydrogen-bond acceptors (Lipinski definition) is 6. The van der Waals surface area contributed by atoms with Gasteiger partial charge in [-0.05, 0) is 20.8 Å². The molecule has 0 aliphatic carbocycles. The Morgan fingerprint density at radius 1 is 1.15 bits per heavy atom. The molecule has 2 aliphatic heterocycles. The summed E-state index contributed by atoms with van der Waals surface area (Å²) in [5, 5.41) is 10.1. The second-order valence-electron chi connectivity index (χ2n) is 7.72. The molecule has 1 amide bonds. The van der Waals surface area contributed by atoms with Gasteiger partial charge in [0.1, 0.15) is 5.60 Å². The summed E-state index contributed by atoms with van der Waals surface area (Å²) in [5.74, 6) is 0.412. The standard InChI is InChI=1S/C17H33N5O4.HI/c1-17(2,3)26-16(24)22-6-4-21(5-7-22)15(18)19-12-14(23)13-20-8-10-25-11-9-20;/h14,23H,4-13H2,1-3H3,(H2,18,19);1H. The highest BCUT2D eigenvalue weighted by Crippen LogP contribution is 2.11. The average molecular weight is 499 g/mol. The summed E-state index contributed by atoms with van der Waals surface area (Å²) in [5.41, 5.74) is 5.55. The smallest absolute Gasteiger partial charge is 0.410 e. The van der Waals surface area contributed by atoms with Gasteiger partial charge in [0.25, 0.3) is 0 Å². The number of carbonyl (C=O) groups is 1. The third kappa shape index (κ3) is 8.79. The Labute approximate surface area is 178 Å². The predicted octanol–water partition coefficient (Wildman–Crippen LogP) is 0.165. The maximum atomic E-state index is 12.1. The molecule has 2 fully saturated rings.